The Hall–Kier alpha value is -3.35. The van der Waals surface area contributed by atoms with Gasteiger partial charge in [-0.1, -0.05) is 91.0 Å². The van der Waals surface area contributed by atoms with E-state index in [4.69, 9.17) is 24.3 Å². The van der Waals surface area contributed by atoms with Crippen molar-refractivity contribution < 1.29 is 9.31 Å². The Morgan fingerprint density at radius 2 is 1.12 bits per heavy atom. The average molecular weight is 435 g/mol. The van der Waals surface area contributed by atoms with E-state index in [-0.39, 0.29) is 0 Å². The van der Waals surface area contributed by atoms with E-state index in [9.17, 15) is 0 Å². The van der Waals surface area contributed by atoms with Crippen LogP contribution in [-0.4, -0.2) is 33.3 Å². The SMILES string of the molecule is CC1(C)OB(c2ccccc2)OC1(C)Cc1nc(-c2ccccc2)nc(-c2ccccc2)n1. The average Bonchev–Trinajstić information content (AvgIpc) is 3.08. The van der Waals surface area contributed by atoms with Crippen LogP contribution in [0.2, 0.25) is 0 Å². The number of hydrogen-bond acceptors (Lipinski definition) is 5. The van der Waals surface area contributed by atoms with Gasteiger partial charge in [0.05, 0.1) is 11.2 Å². The summed E-state index contributed by atoms with van der Waals surface area (Å²) in [6, 6.07) is 30.0. The Morgan fingerprint density at radius 3 is 1.64 bits per heavy atom. The van der Waals surface area contributed by atoms with Gasteiger partial charge in [0.1, 0.15) is 5.82 Å². The fourth-order valence-electron chi connectivity index (χ4n) is 4.03. The van der Waals surface area contributed by atoms with Gasteiger partial charge in [0.25, 0.3) is 0 Å². The molecule has 0 N–H and O–H groups in total. The Morgan fingerprint density at radius 1 is 0.636 bits per heavy atom. The number of hydrogen-bond donors (Lipinski definition) is 0. The van der Waals surface area contributed by atoms with Gasteiger partial charge in [0.2, 0.25) is 0 Å². The second-order valence-corrected chi connectivity index (χ2v) is 9.03. The summed E-state index contributed by atoms with van der Waals surface area (Å²) in [5, 5.41) is 0. The summed E-state index contributed by atoms with van der Waals surface area (Å²) in [6.07, 6.45) is 0.492. The van der Waals surface area contributed by atoms with E-state index < -0.39 is 18.3 Å². The normalized spacial score (nSPS) is 19.5. The molecule has 2 heterocycles. The van der Waals surface area contributed by atoms with E-state index in [2.05, 4.69) is 20.8 Å². The third-order valence-electron chi connectivity index (χ3n) is 6.36. The van der Waals surface area contributed by atoms with Crippen molar-refractivity contribution >= 4 is 12.6 Å². The molecule has 5 rings (SSSR count). The fourth-order valence-corrected chi connectivity index (χ4v) is 4.03. The molecule has 164 valence electrons. The maximum Gasteiger partial charge on any atom is 0.494 e. The maximum atomic E-state index is 6.52. The predicted molar refractivity (Wildman–Crippen MR) is 131 cm³/mol. The zero-order valence-corrected chi connectivity index (χ0v) is 19.1. The number of aromatic nitrogens is 3. The molecule has 0 amide bonds. The minimum atomic E-state index is -0.628. The zero-order chi connectivity index (χ0) is 22.9. The summed E-state index contributed by atoms with van der Waals surface area (Å²) in [5.41, 5.74) is 1.73. The van der Waals surface area contributed by atoms with Crippen LogP contribution in [0.3, 0.4) is 0 Å². The first-order chi connectivity index (χ1) is 15.9. The molecular formula is C27H26BN3O2. The van der Waals surface area contributed by atoms with E-state index in [0.717, 1.165) is 16.6 Å². The van der Waals surface area contributed by atoms with Crippen molar-refractivity contribution in [3.8, 4) is 22.8 Å². The van der Waals surface area contributed by atoms with Crippen LogP contribution in [0.25, 0.3) is 22.8 Å². The molecule has 3 aromatic carbocycles. The molecule has 0 radical (unpaired) electrons. The van der Waals surface area contributed by atoms with Crippen molar-refractivity contribution in [2.45, 2.75) is 38.4 Å². The van der Waals surface area contributed by atoms with Gasteiger partial charge in [0, 0.05) is 17.5 Å². The largest absolute Gasteiger partial charge is 0.494 e. The lowest BCUT2D eigenvalue weighted by Gasteiger charge is -2.36. The van der Waals surface area contributed by atoms with Crippen LogP contribution in [0.15, 0.2) is 91.0 Å². The van der Waals surface area contributed by atoms with Gasteiger partial charge in [-0.15, -0.1) is 0 Å². The van der Waals surface area contributed by atoms with E-state index >= 15 is 0 Å². The molecular weight excluding hydrogens is 409 g/mol. The Kier molecular flexibility index (Phi) is 5.56. The second-order valence-electron chi connectivity index (χ2n) is 9.03. The molecule has 1 fully saturated rings. The minimum Gasteiger partial charge on any atom is -0.399 e. The van der Waals surface area contributed by atoms with Gasteiger partial charge in [-0.2, -0.15) is 0 Å². The van der Waals surface area contributed by atoms with E-state index in [1.807, 2.05) is 91.0 Å². The van der Waals surface area contributed by atoms with Gasteiger partial charge >= 0.3 is 7.12 Å². The minimum absolute atomic E-state index is 0.435. The van der Waals surface area contributed by atoms with Crippen LogP contribution in [0.1, 0.15) is 26.6 Å². The molecule has 1 saturated heterocycles. The molecule has 0 spiro atoms. The maximum absolute atomic E-state index is 6.52. The standard InChI is InChI=1S/C27H26BN3O2/c1-26(2)27(3,33-28(32-26)22-17-11-6-12-18-22)19-23-29-24(20-13-7-4-8-14-20)31-25(30-23)21-15-9-5-10-16-21/h4-18H,19H2,1-3H3. The number of nitrogens with zero attached hydrogens (tertiary/aromatic N) is 3. The molecule has 0 aliphatic carbocycles. The van der Waals surface area contributed by atoms with Crippen LogP contribution in [-0.2, 0) is 15.7 Å². The predicted octanol–water partition coefficient (Wildman–Crippen LogP) is 4.73. The van der Waals surface area contributed by atoms with E-state index in [1.54, 1.807) is 0 Å². The van der Waals surface area contributed by atoms with E-state index in [0.29, 0.717) is 23.9 Å². The molecule has 1 atom stereocenters. The third-order valence-corrected chi connectivity index (χ3v) is 6.36. The molecule has 6 heteroatoms. The van der Waals surface area contributed by atoms with Crippen molar-refractivity contribution in [1.82, 2.24) is 15.0 Å². The van der Waals surface area contributed by atoms with Gasteiger partial charge in [-0.05, 0) is 26.2 Å². The monoisotopic (exact) mass is 435 g/mol. The zero-order valence-electron chi connectivity index (χ0n) is 19.1. The van der Waals surface area contributed by atoms with Crippen LogP contribution < -0.4 is 5.46 Å². The number of benzene rings is 3. The van der Waals surface area contributed by atoms with Crippen LogP contribution in [0.5, 0.6) is 0 Å². The molecule has 1 unspecified atom stereocenters. The quantitative estimate of drug-likeness (QED) is 0.425. The first-order valence-corrected chi connectivity index (χ1v) is 11.2. The second kappa shape index (κ2) is 8.54. The molecule has 1 aliphatic rings. The topological polar surface area (TPSA) is 57.1 Å². The molecule has 0 bridgehead atoms. The van der Waals surface area contributed by atoms with Crippen molar-refractivity contribution in [3.63, 3.8) is 0 Å². The summed E-state index contributed by atoms with van der Waals surface area (Å²) in [7, 11) is -0.435. The Balaban J connectivity index is 1.53. The lowest BCUT2D eigenvalue weighted by Crippen LogP contribution is -2.47. The lowest BCUT2D eigenvalue weighted by molar-refractivity contribution is -0.0102. The van der Waals surface area contributed by atoms with Crippen LogP contribution in [0.4, 0.5) is 0 Å². The molecule has 5 nitrogen and oxygen atoms in total. The van der Waals surface area contributed by atoms with Gasteiger partial charge < -0.3 is 9.31 Å². The molecule has 1 aromatic heterocycles. The summed E-state index contributed by atoms with van der Waals surface area (Å²) in [5.74, 6) is 1.98. The lowest BCUT2D eigenvalue weighted by atomic mass is 9.79. The summed E-state index contributed by atoms with van der Waals surface area (Å²) < 4.78 is 12.9. The fraction of sp³-hybridized carbons (Fsp3) is 0.222. The highest BCUT2D eigenvalue weighted by atomic mass is 16.7. The van der Waals surface area contributed by atoms with E-state index in [1.165, 1.54) is 0 Å². The van der Waals surface area contributed by atoms with Crippen molar-refractivity contribution in [1.29, 1.82) is 0 Å². The van der Waals surface area contributed by atoms with Gasteiger partial charge in [-0.3, -0.25) is 0 Å². The highest BCUT2D eigenvalue weighted by Gasteiger charge is 2.55. The van der Waals surface area contributed by atoms with Crippen molar-refractivity contribution in [2.24, 2.45) is 0 Å². The summed E-state index contributed by atoms with van der Waals surface area (Å²) in [6.45, 7) is 6.20. The first-order valence-electron chi connectivity index (χ1n) is 11.2. The third kappa shape index (κ3) is 4.32. The molecule has 1 aliphatic heterocycles. The van der Waals surface area contributed by atoms with Gasteiger partial charge in [-0.25, -0.2) is 15.0 Å². The van der Waals surface area contributed by atoms with Crippen molar-refractivity contribution in [3.05, 3.63) is 96.8 Å². The summed E-state index contributed by atoms with van der Waals surface area (Å²) >= 11 is 0. The first kappa shape index (κ1) is 21.5. The van der Waals surface area contributed by atoms with Crippen LogP contribution in [0, 0.1) is 0 Å². The van der Waals surface area contributed by atoms with Crippen molar-refractivity contribution in [2.75, 3.05) is 0 Å². The summed E-state index contributed by atoms with van der Waals surface area (Å²) in [4.78, 5) is 14.5. The van der Waals surface area contributed by atoms with Crippen LogP contribution >= 0.6 is 0 Å². The molecule has 33 heavy (non-hydrogen) atoms. The smallest absolute Gasteiger partial charge is 0.399 e. The molecule has 0 saturated carbocycles. The Bertz CT molecular complexity index is 1180. The molecule has 4 aromatic rings. The van der Waals surface area contributed by atoms with Gasteiger partial charge in [0.15, 0.2) is 11.6 Å². The number of rotatable bonds is 5. The Labute approximate surface area is 195 Å². The highest BCUT2D eigenvalue weighted by Crippen LogP contribution is 2.39. The highest BCUT2D eigenvalue weighted by molar-refractivity contribution is 6.62.